The van der Waals surface area contributed by atoms with E-state index >= 15 is 0 Å². The van der Waals surface area contributed by atoms with Gasteiger partial charge >= 0.3 is 0 Å². The van der Waals surface area contributed by atoms with Gasteiger partial charge in [0, 0.05) is 0 Å². The van der Waals surface area contributed by atoms with Gasteiger partial charge in [-0.2, -0.15) is 4.68 Å². The zero-order chi connectivity index (χ0) is 18.7. The highest BCUT2D eigenvalue weighted by Crippen LogP contribution is 2.27. The zero-order valence-electron chi connectivity index (χ0n) is 14.6. The Kier molecular flexibility index (Phi) is 5.58. The van der Waals surface area contributed by atoms with Gasteiger partial charge in [0.2, 0.25) is 11.1 Å². The van der Waals surface area contributed by atoms with E-state index in [9.17, 15) is 4.79 Å². The Hall–Kier alpha value is -2.38. The molecule has 0 spiro atoms. The van der Waals surface area contributed by atoms with Crippen molar-refractivity contribution in [2.45, 2.75) is 31.2 Å². The summed E-state index contributed by atoms with van der Waals surface area (Å²) >= 11 is 7.39. The Morgan fingerprint density at radius 1 is 1.23 bits per heavy atom. The molecule has 1 amide bonds. The number of tetrazole rings is 1. The molecule has 134 valence electrons. The van der Waals surface area contributed by atoms with Crippen LogP contribution in [0.15, 0.2) is 47.6 Å². The molecule has 2 aromatic carbocycles. The van der Waals surface area contributed by atoms with Gasteiger partial charge in [0.1, 0.15) is 0 Å². The van der Waals surface area contributed by atoms with Crippen molar-refractivity contribution in [1.82, 2.24) is 20.2 Å². The number of hydrogen-bond acceptors (Lipinski definition) is 5. The summed E-state index contributed by atoms with van der Waals surface area (Å²) in [4.78, 5) is 12.5. The third kappa shape index (κ3) is 4.05. The lowest BCUT2D eigenvalue weighted by molar-refractivity contribution is -0.115. The zero-order valence-corrected chi connectivity index (χ0v) is 16.2. The van der Waals surface area contributed by atoms with Crippen LogP contribution in [-0.4, -0.2) is 31.4 Å². The molecule has 0 aliphatic carbocycles. The average molecular weight is 388 g/mol. The number of benzene rings is 2. The number of amides is 1. The molecule has 0 bridgehead atoms. The number of aryl methyl sites for hydroxylation is 2. The summed E-state index contributed by atoms with van der Waals surface area (Å²) in [5, 5.41) is 15.4. The Morgan fingerprint density at radius 3 is 2.77 bits per heavy atom. The van der Waals surface area contributed by atoms with E-state index < -0.39 is 5.25 Å². The van der Waals surface area contributed by atoms with Crippen LogP contribution < -0.4 is 5.32 Å². The lowest BCUT2D eigenvalue weighted by atomic mass is 10.1. The summed E-state index contributed by atoms with van der Waals surface area (Å²) in [5.41, 5.74) is 3.65. The second-order valence-corrected chi connectivity index (χ2v) is 7.61. The van der Waals surface area contributed by atoms with E-state index in [-0.39, 0.29) is 5.91 Å². The molecular weight excluding hydrogens is 370 g/mol. The Bertz CT molecular complexity index is 943. The summed E-state index contributed by atoms with van der Waals surface area (Å²) in [7, 11) is 0. The van der Waals surface area contributed by atoms with Crippen LogP contribution in [-0.2, 0) is 4.79 Å². The van der Waals surface area contributed by atoms with E-state index in [0.29, 0.717) is 15.9 Å². The molecule has 26 heavy (non-hydrogen) atoms. The SMILES string of the molecule is Cc1ccc(C)c(-n2nnnc2S[C@@H](C)C(=O)Nc2ccccc2Cl)c1. The molecule has 1 atom stereocenters. The van der Waals surface area contributed by atoms with Gasteiger partial charge in [-0.3, -0.25) is 4.79 Å². The number of aromatic nitrogens is 4. The molecule has 8 heteroatoms. The van der Waals surface area contributed by atoms with Crippen LogP contribution >= 0.6 is 23.4 Å². The van der Waals surface area contributed by atoms with E-state index in [0.717, 1.165) is 16.8 Å². The second kappa shape index (κ2) is 7.88. The van der Waals surface area contributed by atoms with Crippen molar-refractivity contribution in [1.29, 1.82) is 0 Å². The van der Waals surface area contributed by atoms with Crippen LogP contribution in [0.25, 0.3) is 5.69 Å². The molecule has 3 aromatic rings. The minimum Gasteiger partial charge on any atom is -0.324 e. The first kappa shape index (κ1) is 18.4. The van der Waals surface area contributed by atoms with Crippen LogP contribution in [0.2, 0.25) is 5.02 Å². The van der Waals surface area contributed by atoms with Gasteiger partial charge in [-0.25, -0.2) is 0 Å². The van der Waals surface area contributed by atoms with Crippen molar-refractivity contribution in [3.63, 3.8) is 0 Å². The molecular formula is C18H18ClN5OS. The normalized spacial score (nSPS) is 12.0. The first-order valence-corrected chi connectivity index (χ1v) is 9.29. The van der Waals surface area contributed by atoms with Crippen LogP contribution in [0.5, 0.6) is 0 Å². The molecule has 0 saturated carbocycles. The number of rotatable bonds is 5. The van der Waals surface area contributed by atoms with Crippen molar-refractivity contribution < 1.29 is 4.79 Å². The van der Waals surface area contributed by atoms with Crippen molar-refractivity contribution in [3.8, 4) is 5.69 Å². The van der Waals surface area contributed by atoms with Gasteiger partial charge in [-0.15, -0.1) is 5.10 Å². The van der Waals surface area contributed by atoms with Crippen molar-refractivity contribution in [3.05, 3.63) is 58.6 Å². The van der Waals surface area contributed by atoms with Gasteiger partial charge in [-0.1, -0.05) is 47.6 Å². The predicted octanol–water partition coefficient (Wildman–Crippen LogP) is 4.05. The maximum atomic E-state index is 12.5. The van der Waals surface area contributed by atoms with Crippen LogP contribution in [0.4, 0.5) is 5.69 Å². The molecule has 0 aliphatic rings. The quantitative estimate of drug-likeness (QED) is 0.668. The fourth-order valence-electron chi connectivity index (χ4n) is 2.36. The van der Waals surface area contributed by atoms with Crippen molar-refractivity contribution in [2.75, 3.05) is 5.32 Å². The lowest BCUT2D eigenvalue weighted by Crippen LogP contribution is -2.23. The fraction of sp³-hybridized carbons (Fsp3) is 0.222. The lowest BCUT2D eigenvalue weighted by Gasteiger charge is -2.13. The van der Waals surface area contributed by atoms with Gasteiger partial charge in [0.15, 0.2) is 0 Å². The molecule has 1 heterocycles. The van der Waals surface area contributed by atoms with E-state index in [1.165, 1.54) is 11.8 Å². The highest BCUT2D eigenvalue weighted by atomic mass is 35.5. The topological polar surface area (TPSA) is 72.7 Å². The number of para-hydroxylation sites is 1. The number of anilines is 1. The molecule has 6 nitrogen and oxygen atoms in total. The third-order valence-electron chi connectivity index (χ3n) is 3.82. The molecule has 0 fully saturated rings. The van der Waals surface area contributed by atoms with Crippen LogP contribution in [0.3, 0.4) is 0 Å². The van der Waals surface area contributed by atoms with Crippen molar-refractivity contribution in [2.24, 2.45) is 0 Å². The summed E-state index contributed by atoms with van der Waals surface area (Å²) < 4.78 is 1.66. The summed E-state index contributed by atoms with van der Waals surface area (Å²) in [6.07, 6.45) is 0. The number of nitrogens with one attached hydrogen (secondary N) is 1. The molecule has 0 saturated heterocycles. The Balaban J connectivity index is 1.77. The highest BCUT2D eigenvalue weighted by Gasteiger charge is 2.20. The molecule has 1 N–H and O–H groups in total. The minimum absolute atomic E-state index is 0.168. The molecule has 1 aromatic heterocycles. The maximum Gasteiger partial charge on any atom is 0.237 e. The number of hydrogen-bond donors (Lipinski definition) is 1. The first-order valence-electron chi connectivity index (χ1n) is 8.04. The largest absolute Gasteiger partial charge is 0.324 e. The Labute approximate surface area is 160 Å². The van der Waals surface area contributed by atoms with E-state index in [1.807, 2.05) is 44.2 Å². The second-order valence-electron chi connectivity index (χ2n) is 5.89. The molecule has 0 radical (unpaired) electrons. The molecule has 0 unspecified atom stereocenters. The number of carbonyl (C=O) groups excluding carboxylic acids is 1. The molecule has 0 aliphatic heterocycles. The Morgan fingerprint density at radius 2 is 2.00 bits per heavy atom. The van der Waals surface area contributed by atoms with Crippen molar-refractivity contribution >= 4 is 35.0 Å². The number of nitrogens with zero attached hydrogens (tertiary/aromatic N) is 4. The summed E-state index contributed by atoms with van der Waals surface area (Å²) in [6.45, 7) is 5.82. The minimum atomic E-state index is -0.402. The predicted molar refractivity (Wildman–Crippen MR) is 104 cm³/mol. The summed E-state index contributed by atoms with van der Waals surface area (Å²) in [6, 6.07) is 13.2. The third-order valence-corrected chi connectivity index (χ3v) is 5.18. The smallest absolute Gasteiger partial charge is 0.237 e. The van der Waals surface area contributed by atoms with Gasteiger partial charge in [0.25, 0.3) is 0 Å². The van der Waals surface area contributed by atoms with E-state index in [1.54, 1.807) is 23.7 Å². The number of thioether (sulfide) groups is 1. The van der Waals surface area contributed by atoms with Gasteiger partial charge in [0.05, 0.1) is 21.6 Å². The highest BCUT2D eigenvalue weighted by molar-refractivity contribution is 8.00. The number of halogens is 1. The van der Waals surface area contributed by atoms with Crippen LogP contribution in [0.1, 0.15) is 18.1 Å². The molecule has 3 rings (SSSR count). The van der Waals surface area contributed by atoms with Crippen LogP contribution in [0, 0.1) is 13.8 Å². The van der Waals surface area contributed by atoms with Gasteiger partial charge in [-0.05, 0) is 60.5 Å². The van der Waals surface area contributed by atoms with E-state index in [4.69, 9.17) is 11.6 Å². The number of carbonyl (C=O) groups is 1. The fourth-order valence-corrected chi connectivity index (χ4v) is 3.34. The van der Waals surface area contributed by atoms with Gasteiger partial charge < -0.3 is 5.32 Å². The monoisotopic (exact) mass is 387 g/mol. The van der Waals surface area contributed by atoms with E-state index in [2.05, 4.69) is 20.8 Å². The first-order chi connectivity index (χ1) is 12.5. The average Bonchev–Trinajstić information content (AvgIpc) is 3.07. The summed E-state index contributed by atoms with van der Waals surface area (Å²) in [5.74, 6) is -0.168. The maximum absolute atomic E-state index is 12.5. The standard InChI is InChI=1S/C18H18ClN5OS/c1-11-8-9-12(2)16(10-11)24-18(21-22-23-24)26-13(3)17(25)20-15-7-5-4-6-14(15)19/h4-10,13H,1-3H3,(H,20,25)/t13-/m0/s1.